The Kier molecular flexibility index (Phi) is 4.91. The average molecular weight is 308 g/mol. The molecular formula is C16H18ClNO3. The van der Waals surface area contributed by atoms with E-state index >= 15 is 0 Å². The van der Waals surface area contributed by atoms with E-state index in [1.165, 1.54) is 6.08 Å². The average Bonchev–Trinajstić information content (AvgIpc) is 2.90. The van der Waals surface area contributed by atoms with Crippen molar-refractivity contribution in [2.75, 3.05) is 19.9 Å². The maximum Gasteiger partial charge on any atom is 0.246 e. The van der Waals surface area contributed by atoms with Gasteiger partial charge in [0.2, 0.25) is 12.7 Å². The van der Waals surface area contributed by atoms with Gasteiger partial charge in [0.1, 0.15) is 0 Å². The molecule has 1 aliphatic heterocycles. The van der Waals surface area contributed by atoms with Crippen molar-refractivity contribution < 1.29 is 14.3 Å². The van der Waals surface area contributed by atoms with E-state index < -0.39 is 0 Å². The van der Waals surface area contributed by atoms with Crippen molar-refractivity contribution in [2.24, 2.45) is 0 Å². The number of nitrogens with zero attached hydrogens (tertiary/aromatic N) is 1. The number of ether oxygens (including phenoxy) is 2. The Morgan fingerprint density at radius 1 is 1.48 bits per heavy atom. The van der Waals surface area contributed by atoms with Crippen LogP contribution in [-0.2, 0) is 4.79 Å². The summed E-state index contributed by atoms with van der Waals surface area (Å²) >= 11 is 6.10. The number of carbonyl (C=O) groups excluding carboxylic acids is 1. The summed E-state index contributed by atoms with van der Waals surface area (Å²) in [6, 6.07) is 3.54. The quantitative estimate of drug-likeness (QED) is 0.617. The fourth-order valence-corrected chi connectivity index (χ4v) is 2.30. The number of fused-ring (bicyclic) bond motifs is 1. The van der Waals surface area contributed by atoms with Crippen LogP contribution in [0.4, 0.5) is 0 Å². The molecule has 0 saturated heterocycles. The highest BCUT2D eigenvalue weighted by Crippen LogP contribution is 2.40. The molecule has 0 saturated carbocycles. The number of halogens is 1. The van der Waals surface area contributed by atoms with Gasteiger partial charge >= 0.3 is 0 Å². The predicted octanol–water partition coefficient (Wildman–Crippen LogP) is 3.51. The molecule has 1 aliphatic rings. The van der Waals surface area contributed by atoms with Crippen molar-refractivity contribution in [1.82, 2.24) is 4.90 Å². The van der Waals surface area contributed by atoms with Crippen LogP contribution in [-0.4, -0.2) is 30.7 Å². The van der Waals surface area contributed by atoms with Gasteiger partial charge in [-0.3, -0.25) is 4.79 Å². The van der Waals surface area contributed by atoms with Crippen LogP contribution >= 0.6 is 11.6 Å². The Morgan fingerprint density at radius 2 is 2.24 bits per heavy atom. The number of likely N-dealkylation sites (N-methyl/N-ethyl adjacent to an activating group) is 1. The summed E-state index contributed by atoms with van der Waals surface area (Å²) in [7, 11) is 0. The highest BCUT2D eigenvalue weighted by molar-refractivity contribution is 6.32. The van der Waals surface area contributed by atoms with Crippen LogP contribution in [0.25, 0.3) is 6.08 Å². The normalized spacial score (nSPS) is 12.7. The van der Waals surface area contributed by atoms with Crippen LogP contribution in [0.3, 0.4) is 0 Å². The van der Waals surface area contributed by atoms with E-state index in [0.29, 0.717) is 29.6 Å². The molecule has 0 N–H and O–H groups in total. The van der Waals surface area contributed by atoms with Gasteiger partial charge in [-0.05, 0) is 37.6 Å². The highest BCUT2D eigenvalue weighted by Gasteiger charge is 2.17. The van der Waals surface area contributed by atoms with Gasteiger partial charge in [0.05, 0.1) is 5.02 Å². The molecule has 1 amide bonds. The summed E-state index contributed by atoms with van der Waals surface area (Å²) < 4.78 is 10.5. The van der Waals surface area contributed by atoms with Gasteiger partial charge in [-0.2, -0.15) is 0 Å². The molecule has 0 bridgehead atoms. The molecule has 1 heterocycles. The molecule has 112 valence electrons. The lowest BCUT2D eigenvalue weighted by molar-refractivity contribution is -0.125. The lowest BCUT2D eigenvalue weighted by Gasteiger charge is -2.18. The van der Waals surface area contributed by atoms with Crippen molar-refractivity contribution in [2.45, 2.75) is 13.8 Å². The van der Waals surface area contributed by atoms with E-state index in [9.17, 15) is 4.79 Å². The molecule has 0 fully saturated rings. The second-order valence-corrected chi connectivity index (χ2v) is 5.29. The van der Waals surface area contributed by atoms with Gasteiger partial charge in [0, 0.05) is 19.2 Å². The molecule has 0 aliphatic carbocycles. The number of rotatable bonds is 5. The minimum absolute atomic E-state index is 0.0608. The van der Waals surface area contributed by atoms with E-state index in [-0.39, 0.29) is 12.7 Å². The second kappa shape index (κ2) is 6.68. The topological polar surface area (TPSA) is 38.8 Å². The SMILES string of the molecule is C=C(C)CN(CC)C(=O)/C=C/c1cc(Cl)c2c(c1)OCO2. The number of hydrogen-bond acceptors (Lipinski definition) is 3. The molecule has 0 unspecified atom stereocenters. The summed E-state index contributed by atoms with van der Waals surface area (Å²) in [6.45, 7) is 9.03. The van der Waals surface area contributed by atoms with Crippen LogP contribution in [0.15, 0.2) is 30.4 Å². The van der Waals surface area contributed by atoms with Crippen LogP contribution in [0, 0.1) is 0 Å². The van der Waals surface area contributed by atoms with Crippen LogP contribution < -0.4 is 9.47 Å². The summed E-state index contributed by atoms with van der Waals surface area (Å²) in [5, 5.41) is 0.478. The van der Waals surface area contributed by atoms with Gasteiger partial charge in [-0.25, -0.2) is 0 Å². The van der Waals surface area contributed by atoms with E-state index in [1.807, 2.05) is 13.8 Å². The minimum Gasteiger partial charge on any atom is -0.454 e. The van der Waals surface area contributed by atoms with Gasteiger partial charge in [0.25, 0.3) is 0 Å². The molecule has 0 radical (unpaired) electrons. The predicted molar refractivity (Wildman–Crippen MR) is 83.7 cm³/mol. The van der Waals surface area contributed by atoms with E-state index in [0.717, 1.165) is 11.1 Å². The van der Waals surface area contributed by atoms with Crippen molar-refractivity contribution >= 4 is 23.6 Å². The van der Waals surface area contributed by atoms with E-state index in [1.54, 1.807) is 23.1 Å². The van der Waals surface area contributed by atoms with E-state index in [4.69, 9.17) is 21.1 Å². The Labute approximate surface area is 129 Å². The molecule has 0 spiro atoms. The Morgan fingerprint density at radius 3 is 2.90 bits per heavy atom. The molecule has 4 nitrogen and oxygen atoms in total. The van der Waals surface area contributed by atoms with Crippen molar-refractivity contribution in [1.29, 1.82) is 0 Å². The van der Waals surface area contributed by atoms with Gasteiger partial charge < -0.3 is 14.4 Å². The fourth-order valence-electron chi connectivity index (χ4n) is 2.03. The van der Waals surface area contributed by atoms with Crippen LogP contribution in [0.5, 0.6) is 11.5 Å². The van der Waals surface area contributed by atoms with E-state index in [2.05, 4.69) is 6.58 Å². The molecule has 0 aromatic heterocycles. The third-order valence-electron chi connectivity index (χ3n) is 3.02. The third kappa shape index (κ3) is 3.79. The minimum atomic E-state index is -0.0608. The molecule has 0 atom stereocenters. The lowest BCUT2D eigenvalue weighted by Crippen LogP contribution is -2.30. The number of hydrogen-bond donors (Lipinski definition) is 0. The first-order valence-corrected chi connectivity index (χ1v) is 7.09. The van der Waals surface area contributed by atoms with Crippen molar-refractivity contribution in [3.8, 4) is 11.5 Å². The molecule has 5 heteroatoms. The summed E-state index contributed by atoms with van der Waals surface area (Å²) in [5.41, 5.74) is 1.74. The first-order chi connectivity index (χ1) is 10.0. The smallest absolute Gasteiger partial charge is 0.246 e. The van der Waals surface area contributed by atoms with Gasteiger partial charge in [-0.1, -0.05) is 23.8 Å². The number of benzene rings is 1. The Bertz CT molecular complexity index is 595. The lowest BCUT2D eigenvalue weighted by atomic mass is 10.2. The van der Waals surface area contributed by atoms with Crippen molar-refractivity contribution in [3.05, 3.63) is 40.9 Å². The van der Waals surface area contributed by atoms with Gasteiger partial charge in [0.15, 0.2) is 11.5 Å². The molecule has 2 rings (SSSR count). The zero-order chi connectivity index (χ0) is 15.4. The highest BCUT2D eigenvalue weighted by atomic mass is 35.5. The second-order valence-electron chi connectivity index (χ2n) is 4.88. The molecule has 1 aromatic carbocycles. The fraction of sp³-hybridized carbons (Fsp3) is 0.312. The zero-order valence-corrected chi connectivity index (χ0v) is 12.9. The maximum atomic E-state index is 12.1. The van der Waals surface area contributed by atoms with Gasteiger partial charge in [-0.15, -0.1) is 0 Å². The standard InChI is InChI=1S/C16H18ClNO3/c1-4-18(9-11(2)3)15(19)6-5-12-7-13(17)16-14(8-12)20-10-21-16/h5-8H,2,4,9-10H2,1,3H3/b6-5+. The molecule has 1 aromatic rings. The monoisotopic (exact) mass is 307 g/mol. The Balaban J connectivity index is 2.12. The largest absolute Gasteiger partial charge is 0.454 e. The first kappa shape index (κ1) is 15.4. The molecule has 21 heavy (non-hydrogen) atoms. The maximum absolute atomic E-state index is 12.1. The summed E-state index contributed by atoms with van der Waals surface area (Å²) in [4.78, 5) is 13.8. The Hall–Kier alpha value is -1.94. The third-order valence-corrected chi connectivity index (χ3v) is 3.30. The first-order valence-electron chi connectivity index (χ1n) is 6.71. The van der Waals surface area contributed by atoms with Crippen LogP contribution in [0.2, 0.25) is 5.02 Å². The number of carbonyl (C=O) groups is 1. The van der Waals surface area contributed by atoms with Crippen molar-refractivity contribution in [3.63, 3.8) is 0 Å². The van der Waals surface area contributed by atoms with Crippen LogP contribution in [0.1, 0.15) is 19.4 Å². The summed E-state index contributed by atoms with van der Waals surface area (Å²) in [6.07, 6.45) is 3.25. The summed E-state index contributed by atoms with van der Waals surface area (Å²) in [5.74, 6) is 1.09. The number of amides is 1. The zero-order valence-electron chi connectivity index (χ0n) is 12.2. The molecular weight excluding hydrogens is 290 g/mol.